The molecule has 1 aromatic carbocycles. The van der Waals surface area contributed by atoms with Crippen molar-refractivity contribution < 1.29 is 4.79 Å². The summed E-state index contributed by atoms with van der Waals surface area (Å²) < 4.78 is 0. The molecule has 2 aromatic rings. The largest absolute Gasteiger partial charge is 0.334 e. The maximum atomic E-state index is 12.6. The molecule has 1 fully saturated rings. The minimum Gasteiger partial charge on any atom is -0.334 e. The molecular weight excluding hydrogens is 286 g/mol. The molecule has 5 heteroatoms. The molecule has 112 valence electrons. The Balaban J connectivity index is 0.00000161. The number of fused-ring (bicyclic) bond motifs is 1. The van der Waals surface area contributed by atoms with Crippen LogP contribution in [0.2, 0.25) is 0 Å². The van der Waals surface area contributed by atoms with E-state index in [4.69, 9.17) is 0 Å². The lowest BCUT2D eigenvalue weighted by Crippen LogP contribution is -2.58. The van der Waals surface area contributed by atoms with Crippen molar-refractivity contribution in [3.63, 3.8) is 0 Å². The van der Waals surface area contributed by atoms with E-state index in [1.54, 1.807) is 0 Å². The van der Waals surface area contributed by atoms with Crippen molar-refractivity contribution in [3.8, 4) is 0 Å². The van der Waals surface area contributed by atoms with Gasteiger partial charge in [-0.2, -0.15) is 0 Å². The molecule has 0 atom stereocenters. The Morgan fingerprint density at radius 2 is 2.00 bits per heavy atom. The van der Waals surface area contributed by atoms with Gasteiger partial charge in [0, 0.05) is 30.6 Å². The number of piperazine rings is 1. The molecular formula is C16H20ClN3O. The lowest BCUT2D eigenvalue weighted by atomic mass is 10.0. The minimum atomic E-state index is -0.0369. The molecule has 0 saturated carbocycles. The Hall–Kier alpha value is -1.65. The second kappa shape index (κ2) is 6.00. The summed E-state index contributed by atoms with van der Waals surface area (Å²) >= 11 is 0. The van der Waals surface area contributed by atoms with Crippen molar-refractivity contribution >= 4 is 29.2 Å². The number of para-hydroxylation sites is 1. The van der Waals surface area contributed by atoms with Crippen LogP contribution in [0.4, 0.5) is 0 Å². The number of hydrogen-bond donors (Lipinski definition) is 1. The van der Waals surface area contributed by atoms with Crippen molar-refractivity contribution in [1.82, 2.24) is 15.2 Å². The summed E-state index contributed by atoms with van der Waals surface area (Å²) in [5, 5.41) is 4.47. The number of carbonyl (C=O) groups excluding carboxylic acids is 1. The number of benzene rings is 1. The average molecular weight is 306 g/mol. The topological polar surface area (TPSA) is 45.2 Å². The van der Waals surface area contributed by atoms with Gasteiger partial charge in [0.1, 0.15) is 5.69 Å². The normalized spacial score (nSPS) is 17.3. The van der Waals surface area contributed by atoms with Crippen LogP contribution < -0.4 is 5.32 Å². The van der Waals surface area contributed by atoms with Gasteiger partial charge in [-0.1, -0.05) is 24.3 Å². The molecule has 0 radical (unpaired) electrons. The first kappa shape index (κ1) is 15.7. The number of hydrogen-bond acceptors (Lipinski definition) is 3. The highest BCUT2D eigenvalue weighted by Crippen LogP contribution is 2.16. The van der Waals surface area contributed by atoms with Crippen molar-refractivity contribution in [1.29, 1.82) is 0 Å². The predicted molar refractivity (Wildman–Crippen MR) is 87.0 cm³/mol. The fourth-order valence-corrected chi connectivity index (χ4v) is 2.66. The summed E-state index contributed by atoms with van der Waals surface area (Å²) in [6, 6.07) is 11.6. The highest BCUT2D eigenvalue weighted by Gasteiger charge is 2.29. The summed E-state index contributed by atoms with van der Waals surface area (Å²) in [5.41, 5.74) is 1.36. The van der Waals surface area contributed by atoms with Gasteiger partial charge in [0.05, 0.1) is 5.52 Å². The smallest absolute Gasteiger partial charge is 0.272 e. The quantitative estimate of drug-likeness (QED) is 0.880. The molecule has 21 heavy (non-hydrogen) atoms. The molecule has 0 spiro atoms. The van der Waals surface area contributed by atoms with E-state index in [0.717, 1.165) is 24.0 Å². The van der Waals surface area contributed by atoms with Crippen molar-refractivity contribution in [2.75, 3.05) is 19.6 Å². The van der Waals surface area contributed by atoms with Crippen LogP contribution in [0.3, 0.4) is 0 Å². The van der Waals surface area contributed by atoms with Gasteiger partial charge in [-0.3, -0.25) is 4.79 Å². The van der Waals surface area contributed by atoms with Crippen LogP contribution in [0.5, 0.6) is 0 Å². The Bertz CT molecular complexity index is 657. The number of nitrogens with zero attached hydrogens (tertiary/aromatic N) is 2. The van der Waals surface area contributed by atoms with Gasteiger partial charge in [0.2, 0.25) is 0 Å². The number of nitrogens with one attached hydrogen (secondary N) is 1. The van der Waals surface area contributed by atoms with E-state index >= 15 is 0 Å². The first-order valence-electron chi connectivity index (χ1n) is 6.95. The van der Waals surface area contributed by atoms with Crippen LogP contribution in [-0.4, -0.2) is 41.0 Å². The molecule has 2 heterocycles. The van der Waals surface area contributed by atoms with E-state index < -0.39 is 0 Å². The number of halogens is 1. The number of aromatic nitrogens is 1. The van der Waals surface area contributed by atoms with Crippen molar-refractivity contribution in [2.45, 2.75) is 19.4 Å². The van der Waals surface area contributed by atoms with Crippen LogP contribution in [0.25, 0.3) is 10.9 Å². The van der Waals surface area contributed by atoms with Crippen LogP contribution in [-0.2, 0) is 0 Å². The van der Waals surface area contributed by atoms with E-state index in [2.05, 4.69) is 24.1 Å². The van der Waals surface area contributed by atoms with Crippen LogP contribution in [0.15, 0.2) is 36.4 Å². The monoisotopic (exact) mass is 305 g/mol. The zero-order chi connectivity index (χ0) is 14.2. The number of pyridine rings is 1. The number of rotatable bonds is 1. The molecule has 1 N–H and O–H groups in total. The van der Waals surface area contributed by atoms with Gasteiger partial charge in [-0.05, 0) is 26.0 Å². The zero-order valence-electron chi connectivity index (χ0n) is 12.3. The van der Waals surface area contributed by atoms with E-state index in [9.17, 15) is 4.79 Å². The summed E-state index contributed by atoms with van der Waals surface area (Å²) in [7, 11) is 0. The highest BCUT2D eigenvalue weighted by atomic mass is 35.5. The van der Waals surface area contributed by atoms with E-state index in [-0.39, 0.29) is 23.9 Å². The summed E-state index contributed by atoms with van der Waals surface area (Å²) in [5.74, 6) is 0.0188. The standard InChI is InChI=1S/C16H19N3O.ClH/c1-16(2)11-19(10-9-17-16)15(20)14-8-7-12-5-3-4-6-13(12)18-14;/h3-8,17H,9-11H2,1-2H3;1H. The molecule has 0 unspecified atom stereocenters. The van der Waals surface area contributed by atoms with Gasteiger partial charge in [0.15, 0.2) is 0 Å². The Morgan fingerprint density at radius 1 is 1.24 bits per heavy atom. The SMILES string of the molecule is CC1(C)CN(C(=O)c2ccc3ccccc3n2)CCN1.Cl. The van der Waals surface area contributed by atoms with Crippen LogP contribution in [0, 0.1) is 0 Å². The first-order valence-corrected chi connectivity index (χ1v) is 6.95. The van der Waals surface area contributed by atoms with Gasteiger partial charge in [0.25, 0.3) is 5.91 Å². The molecule has 1 aliphatic rings. The predicted octanol–water partition coefficient (Wildman–Crippen LogP) is 2.48. The first-order chi connectivity index (χ1) is 9.55. The van der Waals surface area contributed by atoms with E-state index in [1.165, 1.54) is 0 Å². The van der Waals surface area contributed by atoms with Crippen molar-refractivity contribution in [3.05, 3.63) is 42.1 Å². The molecule has 3 rings (SSSR count). The van der Waals surface area contributed by atoms with Gasteiger partial charge in [-0.25, -0.2) is 4.98 Å². The molecule has 1 aliphatic heterocycles. The maximum absolute atomic E-state index is 12.6. The highest BCUT2D eigenvalue weighted by molar-refractivity contribution is 5.95. The fraction of sp³-hybridized carbons (Fsp3) is 0.375. The third-order valence-corrected chi connectivity index (χ3v) is 3.68. The average Bonchev–Trinajstić information content (AvgIpc) is 2.45. The van der Waals surface area contributed by atoms with Gasteiger partial charge < -0.3 is 10.2 Å². The molecule has 4 nitrogen and oxygen atoms in total. The van der Waals surface area contributed by atoms with E-state index in [1.807, 2.05) is 41.3 Å². The molecule has 1 aromatic heterocycles. The molecule has 0 aliphatic carbocycles. The molecule has 0 bridgehead atoms. The lowest BCUT2D eigenvalue weighted by Gasteiger charge is -2.38. The third-order valence-electron chi connectivity index (χ3n) is 3.68. The Kier molecular flexibility index (Phi) is 4.49. The van der Waals surface area contributed by atoms with Crippen LogP contribution in [0.1, 0.15) is 24.3 Å². The summed E-state index contributed by atoms with van der Waals surface area (Å²) in [6.45, 7) is 6.49. The Morgan fingerprint density at radius 3 is 2.76 bits per heavy atom. The Labute approximate surface area is 131 Å². The second-order valence-corrected chi connectivity index (χ2v) is 5.93. The second-order valence-electron chi connectivity index (χ2n) is 5.93. The molecule has 1 saturated heterocycles. The van der Waals surface area contributed by atoms with Gasteiger partial charge in [-0.15, -0.1) is 12.4 Å². The van der Waals surface area contributed by atoms with Gasteiger partial charge >= 0.3 is 0 Å². The fourth-order valence-electron chi connectivity index (χ4n) is 2.66. The lowest BCUT2D eigenvalue weighted by molar-refractivity contribution is 0.0646. The minimum absolute atomic E-state index is 0. The number of carbonyl (C=O) groups is 1. The summed E-state index contributed by atoms with van der Waals surface area (Å²) in [6.07, 6.45) is 0. The van der Waals surface area contributed by atoms with Crippen LogP contribution >= 0.6 is 12.4 Å². The third kappa shape index (κ3) is 3.34. The maximum Gasteiger partial charge on any atom is 0.272 e. The number of amides is 1. The van der Waals surface area contributed by atoms with Crippen molar-refractivity contribution in [2.24, 2.45) is 0 Å². The molecule has 1 amide bonds. The zero-order valence-corrected chi connectivity index (χ0v) is 13.1. The summed E-state index contributed by atoms with van der Waals surface area (Å²) in [4.78, 5) is 18.9. The van der Waals surface area contributed by atoms with E-state index in [0.29, 0.717) is 12.2 Å².